The highest BCUT2D eigenvalue weighted by Gasteiger charge is 2.18. The largest absolute Gasteiger partial charge is 0.383 e. The molecule has 2 heterocycles. The van der Waals surface area contributed by atoms with Crippen LogP contribution < -0.4 is 0 Å². The molecule has 0 aliphatic rings. The van der Waals surface area contributed by atoms with Gasteiger partial charge in [0.2, 0.25) is 0 Å². The van der Waals surface area contributed by atoms with E-state index in [1.807, 2.05) is 38.1 Å². The third-order valence-corrected chi connectivity index (χ3v) is 5.93. The molecule has 0 aliphatic carbocycles. The minimum Gasteiger partial charge on any atom is -0.383 e. The summed E-state index contributed by atoms with van der Waals surface area (Å²) in [4.78, 5) is 17.5. The van der Waals surface area contributed by atoms with Crippen molar-refractivity contribution >= 4 is 40.2 Å². The predicted octanol–water partition coefficient (Wildman–Crippen LogP) is 4.75. The van der Waals surface area contributed by atoms with Crippen LogP contribution in [-0.4, -0.2) is 39.4 Å². The number of Topliss-reactive ketones (excluding diaryl/α,β-unsaturated/α-hetero) is 1. The van der Waals surface area contributed by atoms with Gasteiger partial charge in [-0.15, -0.1) is 0 Å². The molecule has 3 rings (SSSR count). The van der Waals surface area contributed by atoms with Crippen LogP contribution in [0.3, 0.4) is 0 Å². The molecule has 7 heteroatoms. The molecule has 2 aromatic heterocycles. The van der Waals surface area contributed by atoms with Crippen molar-refractivity contribution in [3.05, 3.63) is 46.2 Å². The van der Waals surface area contributed by atoms with E-state index >= 15 is 0 Å². The molecule has 5 nitrogen and oxygen atoms in total. The molecule has 27 heavy (non-hydrogen) atoms. The zero-order valence-corrected chi connectivity index (χ0v) is 17.7. The van der Waals surface area contributed by atoms with Crippen molar-refractivity contribution in [2.75, 3.05) is 19.5 Å². The van der Waals surface area contributed by atoms with Crippen molar-refractivity contribution in [2.24, 2.45) is 0 Å². The SMILES string of the molecule is CCn1c(C)cc(C(=O)CSc2nc3cc(Cl)ccc3n2CCOC)c1C. The van der Waals surface area contributed by atoms with Gasteiger partial charge in [-0.1, -0.05) is 23.4 Å². The number of aryl methyl sites for hydroxylation is 1. The number of halogens is 1. The molecule has 0 aliphatic heterocycles. The number of fused-ring (bicyclic) bond motifs is 1. The van der Waals surface area contributed by atoms with Crippen LogP contribution in [0.25, 0.3) is 11.0 Å². The van der Waals surface area contributed by atoms with E-state index in [1.54, 1.807) is 7.11 Å². The number of methoxy groups -OCH3 is 1. The van der Waals surface area contributed by atoms with Gasteiger partial charge in [-0.25, -0.2) is 4.98 Å². The molecule has 0 spiro atoms. The lowest BCUT2D eigenvalue weighted by Crippen LogP contribution is -2.09. The van der Waals surface area contributed by atoms with Gasteiger partial charge in [-0.3, -0.25) is 4.79 Å². The lowest BCUT2D eigenvalue weighted by molar-refractivity contribution is 0.102. The maximum absolute atomic E-state index is 12.8. The molecule has 1 aromatic carbocycles. The fourth-order valence-corrected chi connectivity index (χ4v) is 4.46. The predicted molar refractivity (Wildman–Crippen MR) is 111 cm³/mol. The smallest absolute Gasteiger partial charge is 0.175 e. The van der Waals surface area contributed by atoms with E-state index in [4.69, 9.17) is 16.3 Å². The number of ether oxygens (including phenoxy) is 1. The van der Waals surface area contributed by atoms with Gasteiger partial charge in [0, 0.05) is 42.2 Å². The number of aromatic nitrogens is 3. The van der Waals surface area contributed by atoms with Crippen LogP contribution in [0.15, 0.2) is 29.4 Å². The first kappa shape index (κ1) is 20.0. The standard InChI is InChI=1S/C20H24ClN3O2S/c1-5-23-13(2)10-16(14(23)3)19(25)12-27-20-22-17-11-15(21)6-7-18(17)24(20)8-9-26-4/h6-7,10-11H,5,8-9,12H2,1-4H3. The van der Waals surface area contributed by atoms with Crippen molar-refractivity contribution in [1.82, 2.24) is 14.1 Å². The maximum atomic E-state index is 12.8. The third-order valence-electron chi connectivity index (χ3n) is 4.72. The number of hydrogen-bond acceptors (Lipinski definition) is 4. The van der Waals surface area contributed by atoms with Gasteiger partial charge in [0.1, 0.15) is 0 Å². The Hall–Kier alpha value is -1.76. The molecule has 0 unspecified atom stereocenters. The summed E-state index contributed by atoms with van der Waals surface area (Å²) in [5.41, 5.74) is 4.77. The molecular weight excluding hydrogens is 382 g/mol. The zero-order valence-electron chi connectivity index (χ0n) is 16.1. The molecule has 0 bridgehead atoms. The molecule has 0 fully saturated rings. The number of benzene rings is 1. The summed E-state index contributed by atoms with van der Waals surface area (Å²) in [7, 11) is 1.68. The molecule has 0 saturated heterocycles. The van der Waals surface area contributed by atoms with Gasteiger partial charge in [-0.05, 0) is 45.0 Å². The summed E-state index contributed by atoms with van der Waals surface area (Å²) in [5.74, 6) is 0.467. The zero-order chi connectivity index (χ0) is 19.6. The van der Waals surface area contributed by atoms with E-state index in [-0.39, 0.29) is 5.78 Å². The molecule has 0 radical (unpaired) electrons. The minimum atomic E-state index is 0.121. The van der Waals surface area contributed by atoms with Gasteiger partial charge in [0.15, 0.2) is 10.9 Å². The Balaban J connectivity index is 1.84. The van der Waals surface area contributed by atoms with Gasteiger partial charge in [0.05, 0.1) is 23.4 Å². The fourth-order valence-electron chi connectivity index (χ4n) is 3.37. The normalized spacial score (nSPS) is 11.4. The van der Waals surface area contributed by atoms with E-state index in [0.717, 1.165) is 39.7 Å². The molecule has 0 amide bonds. The minimum absolute atomic E-state index is 0.121. The maximum Gasteiger partial charge on any atom is 0.175 e. The van der Waals surface area contributed by atoms with Crippen LogP contribution in [-0.2, 0) is 17.8 Å². The highest BCUT2D eigenvalue weighted by molar-refractivity contribution is 7.99. The van der Waals surface area contributed by atoms with Crippen molar-refractivity contribution in [2.45, 2.75) is 39.0 Å². The Bertz CT molecular complexity index is 977. The Labute approximate surface area is 168 Å². The van der Waals surface area contributed by atoms with Gasteiger partial charge >= 0.3 is 0 Å². The molecule has 0 N–H and O–H groups in total. The Morgan fingerprint density at radius 2 is 2.04 bits per heavy atom. The van der Waals surface area contributed by atoms with E-state index in [2.05, 4.69) is 21.0 Å². The van der Waals surface area contributed by atoms with Crippen molar-refractivity contribution < 1.29 is 9.53 Å². The van der Waals surface area contributed by atoms with Crippen LogP contribution in [0.4, 0.5) is 0 Å². The van der Waals surface area contributed by atoms with Crippen molar-refractivity contribution in [3.63, 3.8) is 0 Å². The number of thioether (sulfide) groups is 1. The number of carbonyl (C=O) groups excluding carboxylic acids is 1. The molecule has 0 saturated carbocycles. The summed E-state index contributed by atoms with van der Waals surface area (Å²) in [6.45, 7) is 8.25. The Morgan fingerprint density at radius 1 is 1.26 bits per heavy atom. The highest BCUT2D eigenvalue weighted by Crippen LogP contribution is 2.27. The third kappa shape index (κ3) is 4.08. The van der Waals surface area contributed by atoms with Crippen LogP contribution in [0.2, 0.25) is 5.02 Å². The average Bonchev–Trinajstić information content (AvgIpc) is 3.13. The molecule has 3 aromatic rings. The summed E-state index contributed by atoms with van der Waals surface area (Å²) < 4.78 is 9.47. The lowest BCUT2D eigenvalue weighted by atomic mass is 10.2. The van der Waals surface area contributed by atoms with E-state index in [0.29, 0.717) is 23.9 Å². The molecular formula is C20H24ClN3O2S. The fraction of sp³-hybridized carbons (Fsp3) is 0.400. The molecule has 144 valence electrons. The topological polar surface area (TPSA) is 49.0 Å². The van der Waals surface area contributed by atoms with E-state index in [9.17, 15) is 4.79 Å². The van der Waals surface area contributed by atoms with Crippen molar-refractivity contribution in [1.29, 1.82) is 0 Å². The molecule has 0 atom stereocenters. The first-order valence-corrected chi connectivity index (χ1v) is 10.3. The van der Waals surface area contributed by atoms with Gasteiger partial charge in [0.25, 0.3) is 0 Å². The summed E-state index contributed by atoms with van der Waals surface area (Å²) in [6.07, 6.45) is 0. The number of carbonyl (C=O) groups is 1. The van der Waals surface area contributed by atoms with Crippen LogP contribution in [0.1, 0.15) is 28.7 Å². The van der Waals surface area contributed by atoms with Crippen molar-refractivity contribution in [3.8, 4) is 0 Å². The second-order valence-corrected chi connectivity index (χ2v) is 7.79. The van der Waals surface area contributed by atoms with Crippen LogP contribution in [0.5, 0.6) is 0 Å². The number of ketones is 1. The Kier molecular flexibility index (Phi) is 6.29. The highest BCUT2D eigenvalue weighted by atomic mass is 35.5. The number of hydrogen-bond donors (Lipinski definition) is 0. The number of nitrogens with zero attached hydrogens (tertiary/aromatic N) is 3. The Morgan fingerprint density at radius 3 is 2.70 bits per heavy atom. The van der Waals surface area contributed by atoms with Crippen LogP contribution >= 0.6 is 23.4 Å². The first-order chi connectivity index (χ1) is 13.0. The lowest BCUT2D eigenvalue weighted by Gasteiger charge is -2.08. The quantitative estimate of drug-likeness (QED) is 0.401. The average molecular weight is 406 g/mol. The van der Waals surface area contributed by atoms with Gasteiger partial charge in [-0.2, -0.15) is 0 Å². The van der Waals surface area contributed by atoms with Crippen LogP contribution in [0, 0.1) is 13.8 Å². The van der Waals surface area contributed by atoms with Gasteiger partial charge < -0.3 is 13.9 Å². The second-order valence-electron chi connectivity index (χ2n) is 6.41. The summed E-state index contributed by atoms with van der Waals surface area (Å²) in [6, 6.07) is 7.64. The second kappa shape index (κ2) is 8.50. The van der Waals surface area contributed by atoms with E-state index in [1.165, 1.54) is 11.8 Å². The van der Waals surface area contributed by atoms with E-state index < -0.39 is 0 Å². The number of rotatable bonds is 8. The number of imidazole rings is 1. The first-order valence-electron chi connectivity index (χ1n) is 8.93. The summed E-state index contributed by atoms with van der Waals surface area (Å²) in [5, 5.41) is 1.46. The summed E-state index contributed by atoms with van der Waals surface area (Å²) >= 11 is 7.56. The monoisotopic (exact) mass is 405 g/mol.